The highest BCUT2D eigenvalue weighted by Crippen LogP contribution is 2.15. The molecule has 6 heteroatoms. The van der Waals surface area contributed by atoms with Crippen molar-refractivity contribution in [1.82, 2.24) is 0 Å². The van der Waals surface area contributed by atoms with E-state index in [-0.39, 0.29) is 42.3 Å². The lowest BCUT2D eigenvalue weighted by molar-refractivity contribution is -0.873. The average Bonchev–Trinajstić information content (AvgIpc) is 2.89. The largest absolute Gasteiger partial charge is 1.00 e. The van der Waals surface area contributed by atoms with E-state index >= 15 is 0 Å². The van der Waals surface area contributed by atoms with E-state index in [2.05, 4.69) is 35.0 Å². The molecule has 0 aliphatic rings. The number of ether oxygens (including phenoxy) is 2. The molecule has 0 aromatic heterocycles. The van der Waals surface area contributed by atoms with Crippen molar-refractivity contribution >= 4 is 11.9 Å². The molecular weight excluding hydrogens is 625 g/mol. The van der Waals surface area contributed by atoms with E-state index in [1.165, 1.54) is 122 Å². The van der Waals surface area contributed by atoms with Crippen LogP contribution in [-0.4, -0.2) is 56.8 Å². The van der Waals surface area contributed by atoms with E-state index in [1.807, 2.05) is 0 Å². The first kappa shape index (κ1) is 42.8. The zero-order valence-electron chi connectivity index (χ0n) is 28.1. The minimum Gasteiger partial charge on any atom is -1.00 e. The number of carbonyl (C=O) groups is 2. The van der Waals surface area contributed by atoms with Gasteiger partial charge in [0.15, 0.2) is 6.10 Å². The van der Waals surface area contributed by atoms with Gasteiger partial charge < -0.3 is 37.9 Å². The lowest BCUT2D eigenvalue weighted by Crippen LogP contribution is -3.00. The first-order chi connectivity index (χ1) is 19.3. The van der Waals surface area contributed by atoms with Gasteiger partial charge in [0.05, 0.1) is 34.2 Å². The van der Waals surface area contributed by atoms with Gasteiger partial charge >= 0.3 is 11.9 Å². The third-order valence-electron chi connectivity index (χ3n) is 7.69. The molecule has 1 atom stereocenters. The number of unbranched alkanes of at least 4 members (excludes halogenated alkanes) is 21. The Morgan fingerprint density at radius 2 is 0.902 bits per heavy atom. The second kappa shape index (κ2) is 31.1. The highest BCUT2D eigenvalue weighted by molar-refractivity contribution is 5.72. The van der Waals surface area contributed by atoms with Crippen molar-refractivity contribution in [3.63, 3.8) is 0 Å². The predicted octanol–water partition coefficient (Wildman–Crippen LogP) is 6.94. The summed E-state index contributed by atoms with van der Waals surface area (Å²) in [6.45, 7) is 5.61. The first-order valence-corrected chi connectivity index (χ1v) is 17.4. The summed E-state index contributed by atoms with van der Waals surface area (Å²) >= 11 is 0. The Labute approximate surface area is 273 Å². The average molecular weight is 696 g/mol. The Morgan fingerprint density at radius 1 is 0.537 bits per heavy atom. The van der Waals surface area contributed by atoms with E-state index in [1.54, 1.807) is 0 Å². The Morgan fingerprint density at radius 3 is 1.29 bits per heavy atom. The standard InChI is InChI=1S/C35H70NO4.HI/c1-6-8-10-12-14-16-18-20-22-24-26-28-30-39-35(38)31-33(32-36(3,4)5)40-34(37)29-27-25-23-21-19-17-15-13-11-9-7-2;/h33H,6-32H2,1-5H3;1H/q+1;/p-1. The number of likely N-dealkylation sites (N-methyl/N-ethyl adjacent to an activating group) is 1. The lowest BCUT2D eigenvalue weighted by atomic mass is 10.1. The van der Waals surface area contributed by atoms with Crippen molar-refractivity contribution in [1.29, 1.82) is 0 Å². The fraction of sp³-hybridized carbons (Fsp3) is 0.943. The van der Waals surface area contributed by atoms with Crippen molar-refractivity contribution < 1.29 is 47.5 Å². The van der Waals surface area contributed by atoms with Crippen LogP contribution in [0.25, 0.3) is 0 Å². The Balaban J connectivity index is 0. The summed E-state index contributed by atoms with van der Waals surface area (Å²) < 4.78 is 11.9. The smallest absolute Gasteiger partial charge is 0.309 e. The molecule has 0 aliphatic heterocycles. The number of esters is 2. The molecule has 0 saturated carbocycles. The van der Waals surface area contributed by atoms with Crippen molar-refractivity contribution in [3.05, 3.63) is 0 Å². The summed E-state index contributed by atoms with van der Waals surface area (Å²) in [7, 11) is 6.17. The molecule has 0 bridgehead atoms. The number of rotatable bonds is 30. The molecule has 0 fully saturated rings. The van der Waals surface area contributed by atoms with Crippen LogP contribution in [0, 0.1) is 0 Å². The molecule has 0 rings (SSSR count). The molecule has 5 nitrogen and oxygen atoms in total. The third kappa shape index (κ3) is 34.0. The molecular formula is C35H70INO4. The van der Waals surface area contributed by atoms with Crippen LogP contribution in [0.4, 0.5) is 0 Å². The van der Waals surface area contributed by atoms with Crippen LogP contribution < -0.4 is 24.0 Å². The van der Waals surface area contributed by atoms with E-state index in [4.69, 9.17) is 9.47 Å². The minimum atomic E-state index is -0.422. The fourth-order valence-electron chi connectivity index (χ4n) is 5.31. The maximum Gasteiger partial charge on any atom is 0.309 e. The molecule has 0 aromatic carbocycles. The highest BCUT2D eigenvalue weighted by Gasteiger charge is 2.25. The number of hydrogen-bond acceptors (Lipinski definition) is 4. The summed E-state index contributed by atoms with van der Waals surface area (Å²) in [5.74, 6) is -0.424. The van der Waals surface area contributed by atoms with Crippen molar-refractivity contribution in [2.24, 2.45) is 0 Å². The molecule has 0 radical (unpaired) electrons. The van der Waals surface area contributed by atoms with E-state index in [9.17, 15) is 9.59 Å². The molecule has 0 spiro atoms. The van der Waals surface area contributed by atoms with Gasteiger partial charge in [-0.15, -0.1) is 0 Å². The number of carbonyl (C=O) groups excluding carboxylic acids is 2. The van der Waals surface area contributed by atoms with Crippen molar-refractivity contribution in [2.75, 3.05) is 34.3 Å². The molecule has 0 heterocycles. The van der Waals surface area contributed by atoms with E-state index in [0.717, 1.165) is 25.7 Å². The molecule has 246 valence electrons. The predicted molar refractivity (Wildman–Crippen MR) is 171 cm³/mol. The van der Waals surface area contributed by atoms with Crippen LogP contribution in [0.3, 0.4) is 0 Å². The normalized spacial score (nSPS) is 12.1. The topological polar surface area (TPSA) is 52.6 Å². The van der Waals surface area contributed by atoms with Crippen LogP contribution in [0.15, 0.2) is 0 Å². The van der Waals surface area contributed by atoms with Crippen LogP contribution in [0.5, 0.6) is 0 Å². The van der Waals surface area contributed by atoms with Gasteiger partial charge in [-0.3, -0.25) is 9.59 Å². The summed E-state index contributed by atoms with van der Waals surface area (Å²) in [5, 5.41) is 0. The second-order valence-corrected chi connectivity index (χ2v) is 13.2. The van der Waals surface area contributed by atoms with Gasteiger partial charge in [-0.05, 0) is 12.8 Å². The van der Waals surface area contributed by atoms with Crippen LogP contribution in [-0.2, 0) is 19.1 Å². The van der Waals surface area contributed by atoms with Crippen LogP contribution in [0.1, 0.15) is 174 Å². The van der Waals surface area contributed by atoms with Gasteiger partial charge in [0.1, 0.15) is 6.54 Å². The number of hydrogen-bond donors (Lipinski definition) is 0. The Kier molecular flexibility index (Phi) is 32.4. The molecule has 0 aliphatic carbocycles. The van der Waals surface area contributed by atoms with Crippen LogP contribution >= 0.6 is 0 Å². The van der Waals surface area contributed by atoms with E-state index in [0.29, 0.717) is 24.1 Å². The molecule has 1 unspecified atom stereocenters. The van der Waals surface area contributed by atoms with Gasteiger partial charge in [-0.2, -0.15) is 0 Å². The van der Waals surface area contributed by atoms with Crippen molar-refractivity contribution in [3.8, 4) is 0 Å². The second-order valence-electron chi connectivity index (χ2n) is 13.2. The van der Waals surface area contributed by atoms with Gasteiger partial charge in [-0.1, -0.05) is 149 Å². The molecule has 0 aromatic rings. The van der Waals surface area contributed by atoms with Crippen LogP contribution in [0.2, 0.25) is 0 Å². The molecule has 41 heavy (non-hydrogen) atoms. The van der Waals surface area contributed by atoms with Gasteiger partial charge in [0.25, 0.3) is 0 Å². The maximum absolute atomic E-state index is 12.5. The zero-order chi connectivity index (χ0) is 29.7. The molecule has 0 amide bonds. The quantitative estimate of drug-likeness (QED) is 0.0354. The third-order valence-corrected chi connectivity index (χ3v) is 7.69. The van der Waals surface area contributed by atoms with E-state index < -0.39 is 6.10 Å². The van der Waals surface area contributed by atoms with Gasteiger partial charge in [0.2, 0.25) is 0 Å². The summed E-state index contributed by atoms with van der Waals surface area (Å²) in [4.78, 5) is 24.9. The lowest BCUT2D eigenvalue weighted by Gasteiger charge is -2.28. The highest BCUT2D eigenvalue weighted by atomic mass is 127. The van der Waals surface area contributed by atoms with Gasteiger partial charge in [-0.25, -0.2) is 0 Å². The fourth-order valence-corrected chi connectivity index (χ4v) is 5.31. The minimum absolute atomic E-state index is 0. The Bertz CT molecular complexity index is 579. The van der Waals surface area contributed by atoms with Gasteiger partial charge in [0, 0.05) is 6.42 Å². The summed E-state index contributed by atoms with van der Waals surface area (Å²) in [5.41, 5.74) is 0. The first-order valence-electron chi connectivity index (χ1n) is 17.4. The number of halogens is 1. The number of quaternary nitrogens is 1. The SMILES string of the molecule is CCCCCCCCCCCCCCOC(=O)CC(C[N+](C)(C)C)OC(=O)CCCCCCCCCCCCC.[I-]. The Hall–Kier alpha value is -0.370. The molecule has 0 N–H and O–H groups in total. The summed E-state index contributed by atoms with van der Waals surface area (Å²) in [6.07, 6.45) is 29.5. The summed E-state index contributed by atoms with van der Waals surface area (Å²) in [6, 6.07) is 0. The maximum atomic E-state index is 12.5. The number of nitrogens with zero attached hydrogens (tertiary/aromatic N) is 1. The van der Waals surface area contributed by atoms with Crippen molar-refractivity contribution in [2.45, 2.75) is 180 Å². The monoisotopic (exact) mass is 695 g/mol. The zero-order valence-corrected chi connectivity index (χ0v) is 30.3. The molecule has 0 saturated heterocycles.